The molecule has 2 rings (SSSR count). The molecule has 1 aromatic heterocycles. The smallest absolute Gasteiger partial charge is 0.231 e. The molecule has 100 valence electrons. The van der Waals surface area contributed by atoms with E-state index in [9.17, 15) is 8.42 Å². The first-order valence-electron chi connectivity index (χ1n) is 5.13. The minimum Gasteiger partial charge on any atom is -0.338 e. The van der Waals surface area contributed by atoms with Gasteiger partial charge in [-0.3, -0.25) is 0 Å². The summed E-state index contributed by atoms with van der Waals surface area (Å²) in [6, 6.07) is 0. The molecule has 0 amide bonds. The average Bonchev–Trinajstić information content (AvgIpc) is 2.27. The van der Waals surface area contributed by atoms with E-state index in [1.807, 2.05) is 4.90 Å². The lowest BCUT2D eigenvalue weighted by Gasteiger charge is -2.33. The molecule has 0 unspecified atom stereocenters. The predicted molar refractivity (Wildman–Crippen MR) is 68.5 cm³/mol. The van der Waals surface area contributed by atoms with E-state index in [4.69, 9.17) is 23.2 Å². The van der Waals surface area contributed by atoms with Crippen LogP contribution in [0.3, 0.4) is 0 Å². The lowest BCUT2D eigenvalue weighted by Crippen LogP contribution is -2.48. The third kappa shape index (κ3) is 3.19. The molecule has 1 saturated heterocycles. The summed E-state index contributed by atoms with van der Waals surface area (Å²) in [5.74, 6) is 0.369. The maximum absolute atomic E-state index is 11.4. The number of anilines is 1. The molecular formula is C8H11Cl2N5O2S. The molecule has 18 heavy (non-hydrogen) atoms. The zero-order valence-corrected chi connectivity index (χ0v) is 11.9. The quantitative estimate of drug-likeness (QED) is 0.779. The molecule has 0 atom stereocenters. The Bertz CT molecular complexity index is 524. The van der Waals surface area contributed by atoms with Crippen LogP contribution in [-0.2, 0) is 10.0 Å². The maximum Gasteiger partial charge on any atom is 0.231 e. The Morgan fingerprint density at radius 3 is 1.94 bits per heavy atom. The van der Waals surface area contributed by atoms with Crippen LogP contribution in [0.5, 0.6) is 0 Å². The average molecular weight is 312 g/mol. The molecule has 0 aliphatic carbocycles. The van der Waals surface area contributed by atoms with Crippen molar-refractivity contribution in [1.82, 2.24) is 19.3 Å². The Hall–Kier alpha value is -0.700. The summed E-state index contributed by atoms with van der Waals surface area (Å²) in [5, 5.41) is 0.0473. The van der Waals surface area contributed by atoms with Gasteiger partial charge in [0.05, 0.1) is 6.26 Å². The second kappa shape index (κ2) is 5.12. The first-order chi connectivity index (χ1) is 8.36. The third-order valence-electron chi connectivity index (χ3n) is 2.56. The Balaban J connectivity index is 2.10. The van der Waals surface area contributed by atoms with E-state index in [1.165, 1.54) is 10.6 Å². The van der Waals surface area contributed by atoms with E-state index in [1.54, 1.807) is 0 Å². The van der Waals surface area contributed by atoms with E-state index >= 15 is 0 Å². The van der Waals surface area contributed by atoms with Crippen LogP contribution in [0.4, 0.5) is 5.95 Å². The van der Waals surface area contributed by atoms with Crippen LogP contribution in [-0.4, -0.2) is 60.1 Å². The van der Waals surface area contributed by atoms with Crippen LogP contribution < -0.4 is 4.90 Å². The van der Waals surface area contributed by atoms with E-state index in [0.29, 0.717) is 32.1 Å². The van der Waals surface area contributed by atoms with Crippen LogP contribution in [0.2, 0.25) is 10.6 Å². The highest BCUT2D eigenvalue weighted by atomic mass is 35.5. The van der Waals surface area contributed by atoms with Gasteiger partial charge in [-0.15, -0.1) is 0 Å². The van der Waals surface area contributed by atoms with E-state index in [0.717, 1.165) is 0 Å². The lowest BCUT2D eigenvalue weighted by atomic mass is 10.4. The minimum absolute atomic E-state index is 0.0237. The van der Waals surface area contributed by atoms with Gasteiger partial charge in [0.2, 0.25) is 26.5 Å². The van der Waals surface area contributed by atoms with Crippen molar-refractivity contribution >= 4 is 39.2 Å². The second-order valence-electron chi connectivity index (χ2n) is 3.82. The molecule has 10 heteroatoms. The number of nitrogens with zero attached hydrogens (tertiary/aromatic N) is 5. The molecule has 2 heterocycles. The van der Waals surface area contributed by atoms with Gasteiger partial charge in [-0.25, -0.2) is 8.42 Å². The monoisotopic (exact) mass is 311 g/mol. The van der Waals surface area contributed by atoms with E-state index in [-0.39, 0.29) is 10.6 Å². The van der Waals surface area contributed by atoms with Crippen molar-refractivity contribution in [2.75, 3.05) is 37.3 Å². The number of hydrogen-bond donors (Lipinski definition) is 0. The van der Waals surface area contributed by atoms with Crippen molar-refractivity contribution in [3.05, 3.63) is 10.6 Å². The molecule has 0 spiro atoms. The Labute approximate surface area is 115 Å². The number of aromatic nitrogens is 3. The van der Waals surface area contributed by atoms with Gasteiger partial charge < -0.3 is 4.90 Å². The van der Waals surface area contributed by atoms with Crippen molar-refractivity contribution < 1.29 is 8.42 Å². The van der Waals surface area contributed by atoms with Gasteiger partial charge in [-0.05, 0) is 23.2 Å². The maximum atomic E-state index is 11.4. The molecule has 1 aromatic rings. The highest BCUT2D eigenvalue weighted by Crippen LogP contribution is 2.16. The van der Waals surface area contributed by atoms with Crippen molar-refractivity contribution in [3.8, 4) is 0 Å². The lowest BCUT2D eigenvalue weighted by molar-refractivity contribution is 0.385. The number of piperazine rings is 1. The van der Waals surface area contributed by atoms with E-state index in [2.05, 4.69) is 15.0 Å². The predicted octanol–water partition coefficient (Wildman–Crippen LogP) is 0.260. The Morgan fingerprint density at radius 1 is 1.00 bits per heavy atom. The zero-order valence-electron chi connectivity index (χ0n) is 9.55. The molecule has 1 aliphatic heterocycles. The molecule has 0 radical (unpaired) electrons. The van der Waals surface area contributed by atoms with Gasteiger partial charge in [0, 0.05) is 26.2 Å². The van der Waals surface area contributed by atoms with Crippen LogP contribution in [0.25, 0.3) is 0 Å². The largest absolute Gasteiger partial charge is 0.338 e. The summed E-state index contributed by atoms with van der Waals surface area (Å²) in [6.07, 6.45) is 1.19. The van der Waals surface area contributed by atoms with Crippen molar-refractivity contribution in [3.63, 3.8) is 0 Å². The highest BCUT2D eigenvalue weighted by molar-refractivity contribution is 7.88. The summed E-state index contributed by atoms with van der Waals surface area (Å²) in [6.45, 7) is 1.76. The van der Waals surface area contributed by atoms with Gasteiger partial charge in [-0.2, -0.15) is 19.3 Å². The summed E-state index contributed by atoms with van der Waals surface area (Å²) in [5.41, 5.74) is 0. The topological polar surface area (TPSA) is 79.3 Å². The van der Waals surface area contributed by atoms with Gasteiger partial charge in [0.1, 0.15) is 0 Å². The number of halogens is 2. The van der Waals surface area contributed by atoms with Crippen LogP contribution in [0.15, 0.2) is 0 Å². The standard InChI is InChI=1S/C8H11Cl2N5O2S/c1-18(16,17)15-4-2-14(3-5-15)8-12-6(9)11-7(10)13-8/h2-5H2,1H3. The molecule has 0 N–H and O–H groups in total. The molecular weight excluding hydrogens is 301 g/mol. The van der Waals surface area contributed by atoms with Crippen LogP contribution in [0, 0.1) is 0 Å². The molecule has 0 bridgehead atoms. The fourth-order valence-corrected chi connectivity index (χ4v) is 2.86. The second-order valence-corrected chi connectivity index (χ2v) is 6.48. The van der Waals surface area contributed by atoms with Gasteiger partial charge >= 0.3 is 0 Å². The van der Waals surface area contributed by atoms with Crippen molar-refractivity contribution in [2.24, 2.45) is 0 Å². The fourth-order valence-electron chi connectivity index (χ4n) is 1.68. The van der Waals surface area contributed by atoms with E-state index < -0.39 is 10.0 Å². The molecule has 1 aliphatic rings. The zero-order chi connectivity index (χ0) is 13.3. The number of rotatable bonds is 2. The molecule has 1 fully saturated rings. The first-order valence-corrected chi connectivity index (χ1v) is 7.74. The van der Waals surface area contributed by atoms with Gasteiger partial charge in [0.15, 0.2) is 0 Å². The SMILES string of the molecule is CS(=O)(=O)N1CCN(c2nc(Cl)nc(Cl)n2)CC1. The first kappa shape index (κ1) is 13.7. The van der Waals surface area contributed by atoms with Crippen LogP contribution >= 0.6 is 23.2 Å². The Morgan fingerprint density at radius 2 is 1.50 bits per heavy atom. The Kier molecular flexibility index (Phi) is 3.90. The third-order valence-corrected chi connectivity index (χ3v) is 4.20. The van der Waals surface area contributed by atoms with Gasteiger partial charge in [-0.1, -0.05) is 0 Å². The van der Waals surface area contributed by atoms with Crippen molar-refractivity contribution in [1.29, 1.82) is 0 Å². The fraction of sp³-hybridized carbons (Fsp3) is 0.625. The summed E-state index contributed by atoms with van der Waals surface area (Å²) >= 11 is 11.4. The highest BCUT2D eigenvalue weighted by Gasteiger charge is 2.25. The number of hydrogen-bond acceptors (Lipinski definition) is 6. The summed E-state index contributed by atoms with van der Waals surface area (Å²) < 4.78 is 24.1. The van der Waals surface area contributed by atoms with Crippen LogP contribution in [0.1, 0.15) is 0 Å². The van der Waals surface area contributed by atoms with Crippen molar-refractivity contribution in [2.45, 2.75) is 0 Å². The van der Waals surface area contributed by atoms with Gasteiger partial charge in [0.25, 0.3) is 0 Å². The number of sulfonamides is 1. The molecule has 0 aromatic carbocycles. The minimum atomic E-state index is -3.15. The molecule has 0 saturated carbocycles. The summed E-state index contributed by atoms with van der Waals surface area (Å²) in [7, 11) is -3.15. The molecule has 7 nitrogen and oxygen atoms in total. The summed E-state index contributed by atoms with van der Waals surface area (Å²) in [4.78, 5) is 13.4. The normalized spacial score (nSPS) is 18.1.